The Bertz CT molecular complexity index is 1530. The zero-order chi connectivity index (χ0) is 27.9. The number of esters is 1. The maximum absolute atomic E-state index is 12.9. The van der Waals surface area contributed by atoms with E-state index in [1.54, 1.807) is 25.3 Å². The van der Waals surface area contributed by atoms with E-state index in [0.29, 0.717) is 12.2 Å². The molecule has 4 rings (SSSR count). The van der Waals surface area contributed by atoms with Crippen molar-refractivity contribution in [2.24, 2.45) is 0 Å². The molecule has 0 aliphatic carbocycles. The lowest BCUT2D eigenvalue weighted by molar-refractivity contribution is -0.394. The van der Waals surface area contributed by atoms with Crippen LogP contribution in [0.15, 0.2) is 97.1 Å². The Morgan fingerprint density at radius 3 is 1.87 bits per heavy atom. The summed E-state index contributed by atoms with van der Waals surface area (Å²) < 4.78 is 10.8. The number of nitro benzene ring substituents is 2. The monoisotopic (exact) mass is 524 g/mol. The van der Waals surface area contributed by atoms with Gasteiger partial charge in [-0.1, -0.05) is 61.5 Å². The summed E-state index contributed by atoms with van der Waals surface area (Å²) in [4.78, 5) is 33.8. The molecule has 0 aliphatic heterocycles. The molecule has 0 unspecified atom stereocenters. The summed E-state index contributed by atoms with van der Waals surface area (Å²) in [5, 5.41) is 22.5. The molecule has 39 heavy (non-hydrogen) atoms. The van der Waals surface area contributed by atoms with E-state index in [9.17, 15) is 25.0 Å². The average Bonchev–Trinajstić information content (AvgIpc) is 2.96. The normalized spacial score (nSPS) is 11.3. The predicted molar refractivity (Wildman–Crippen MR) is 147 cm³/mol. The molecule has 0 fully saturated rings. The number of hydrogen-bond acceptors (Lipinski definition) is 7. The highest BCUT2D eigenvalue weighted by Gasteiger charge is 2.22. The van der Waals surface area contributed by atoms with Gasteiger partial charge in [-0.15, -0.1) is 0 Å². The van der Waals surface area contributed by atoms with Crippen LogP contribution >= 0.6 is 0 Å². The minimum atomic E-state index is -0.951. The van der Waals surface area contributed by atoms with Gasteiger partial charge in [-0.25, -0.2) is 4.79 Å². The van der Waals surface area contributed by atoms with Crippen LogP contribution < -0.4 is 9.47 Å². The van der Waals surface area contributed by atoms with Crippen LogP contribution in [0.1, 0.15) is 40.4 Å². The quantitative estimate of drug-likeness (QED) is 0.0752. The van der Waals surface area contributed by atoms with Gasteiger partial charge in [0.15, 0.2) is 0 Å². The van der Waals surface area contributed by atoms with Crippen molar-refractivity contribution in [2.75, 3.05) is 7.11 Å². The van der Waals surface area contributed by atoms with Gasteiger partial charge in [0.1, 0.15) is 11.5 Å². The maximum atomic E-state index is 12.9. The Hall–Kier alpha value is -5.31. The number of nitro groups is 2. The van der Waals surface area contributed by atoms with E-state index in [0.717, 1.165) is 46.0 Å². The number of rotatable bonds is 9. The van der Waals surface area contributed by atoms with E-state index in [1.165, 1.54) is 0 Å². The van der Waals surface area contributed by atoms with Crippen molar-refractivity contribution in [2.45, 2.75) is 13.3 Å². The molecule has 0 aromatic heterocycles. The van der Waals surface area contributed by atoms with Crippen molar-refractivity contribution < 1.29 is 24.1 Å². The first kappa shape index (κ1) is 26.7. The van der Waals surface area contributed by atoms with E-state index >= 15 is 0 Å². The molecule has 9 heteroatoms. The minimum Gasteiger partial charge on any atom is -0.497 e. The molecule has 0 atom stereocenters. The summed E-state index contributed by atoms with van der Waals surface area (Å²) >= 11 is 0. The summed E-state index contributed by atoms with van der Waals surface area (Å²) in [7, 11) is 1.60. The fraction of sp³-hybridized carbons (Fsp3) is 0.100. The molecule has 0 aliphatic rings. The molecule has 0 N–H and O–H groups in total. The molecular weight excluding hydrogens is 500 g/mol. The van der Waals surface area contributed by atoms with Crippen LogP contribution in [0.3, 0.4) is 0 Å². The van der Waals surface area contributed by atoms with Crippen molar-refractivity contribution >= 4 is 28.5 Å². The fourth-order valence-electron chi connectivity index (χ4n) is 4.24. The molecule has 4 aromatic carbocycles. The van der Waals surface area contributed by atoms with Crippen LogP contribution in [0.2, 0.25) is 0 Å². The number of ether oxygens (including phenoxy) is 2. The zero-order valence-corrected chi connectivity index (χ0v) is 21.2. The number of benzene rings is 4. The van der Waals surface area contributed by atoms with E-state index < -0.39 is 27.2 Å². The van der Waals surface area contributed by atoms with E-state index in [2.05, 4.69) is 6.92 Å². The molecule has 0 spiro atoms. The zero-order valence-electron chi connectivity index (χ0n) is 21.2. The van der Waals surface area contributed by atoms with Gasteiger partial charge in [0.2, 0.25) is 0 Å². The Balaban J connectivity index is 1.78. The summed E-state index contributed by atoms with van der Waals surface area (Å²) in [5.74, 6) is -0.0570. The van der Waals surface area contributed by atoms with Crippen molar-refractivity contribution in [3.63, 3.8) is 0 Å². The first-order chi connectivity index (χ1) is 18.8. The lowest BCUT2D eigenvalue weighted by Crippen LogP contribution is -2.10. The van der Waals surface area contributed by atoms with Gasteiger partial charge < -0.3 is 9.47 Å². The minimum absolute atomic E-state index is 0.182. The number of hydrogen-bond donors (Lipinski definition) is 0. The summed E-state index contributed by atoms with van der Waals surface area (Å²) in [6, 6.07) is 27.2. The van der Waals surface area contributed by atoms with Crippen molar-refractivity contribution in [3.05, 3.63) is 140 Å². The van der Waals surface area contributed by atoms with E-state index in [1.807, 2.05) is 60.7 Å². The molecular formula is C30H24N2O7. The highest BCUT2D eigenvalue weighted by molar-refractivity contribution is 5.99. The van der Waals surface area contributed by atoms with E-state index in [4.69, 9.17) is 9.47 Å². The van der Waals surface area contributed by atoms with Gasteiger partial charge in [-0.3, -0.25) is 20.2 Å². The molecule has 9 nitrogen and oxygen atoms in total. The molecule has 0 saturated carbocycles. The van der Waals surface area contributed by atoms with Crippen molar-refractivity contribution in [3.8, 4) is 11.5 Å². The van der Waals surface area contributed by atoms with Crippen LogP contribution in [0.25, 0.3) is 11.1 Å². The van der Waals surface area contributed by atoms with Crippen molar-refractivity contribution in [1.29, 1.82) is 0 Å². The Labute approximate surface area is 224 Å². The fourth-order valence-corrected chi connectivity index (χ4v) is 4.24. The van der Waals surface area contributed by atoms with Gasteiger partial charge in [0.25, 0.3) is 11.4 Å². The molecule has 0 saturated heterocycles. The van der Waals surface area contributed by atoms with Crippen LogP contribution in [0.5, 0.6) is 11.5 Å². The number of non-ortho nitro benzene ring substituents is 2. The second kappa shape index (κ2) is 11.8. The molecule has 0 heterocycles. The Kier molecular flexibility index (Phi) is 8.11. The number of methoxy groups -OCH3 is 1. The molecule has 0 bridgehead atoms. The van der Waals surface area contributed by atoms with Gasteiger partial charge >= 0.3 is 5.97 Å². The third-order valence-corrected chi connectivity index (χ3v) is 6.05. The summed E-state index contributed by atoms with van der Waals surface area (Å²) in [5.41, 5.74) is 3.28. The molecule has 0 radical (unpaired) electrons. The topological polar surface area (TPSA) is 122 Å². The predicted octanol–water partition coefficient (Wildman–Crippen LogP) is 7.10. The first-order valence-electron chi connectivity index (χ1n) is 12.0. The van der Waals surface area contributed by atoms with Gasteiger partial charge in [0, 0.05) is 12.1 Å². The smallest absolute Gasteiger partial charge is 0.344 e. The summed E-state index contributed by atoms with van der Waals surface area (Å²) in [6.07, 6.45) is 0.715. The Morgan fingerprint density at radius 2 is 1.31 bits per heavy atom. The standard InChI is InChI=1S/C30H24N2O7/c1-3-28(20-8-5-4-6-9-20)29(21-12-14-26(38-2)15-13-21)22-10-7-11-27(18-22)39-30(33)23-16-24(31(34)35)19-25(17-23)32(36)37/h4-19H,3H2,1-2H3/b29-28+. The number of carbonyl (C=O) groups is 1. The molecule has 0 amide bonds. The molecule has 196 valence electrons. The molecule has 4 aromatic rings. The lowest BCUT2D eigenvalue weighted by atomic mass is 9.88. The van der Waals surface area contributed by atoms with Gasteiger partial charge in [0.05, 0.1) is 28.6 Å². The summed E-state index contributed by atoms with van der Waals surface area (Å²) in [6.45, 7) is 2.06. The second-order valence-corrected chi connectivity index (χ2v) is 8.47. The second-order valence-electron chi connectivity index (χ2n) is 8.47. The number of nitrogens with zero attached hydrogens (tertiary/aromatic N) is 2. The highest BCUT2D eigenvalue weighted by atomic mass is 16.6. The van der Waals surface area contributed by atoms with Gasteiger partial charge in [-0.05, 0) is 58.5 Å². The van der Waals surface area contributed by atoms with Crippen LogP contribution in [-0.4, -0.2) is 22.9 Å². The lowest BCUT2D eigenvalue weighted by Gasteiger charge is -2.17. The van der Waals surface area contributed by atoms with Crippen LogP contribution in [0, 0.1) is 20.2 Å². The first-order valence-corrected chi connectivity index (χ1v) is 12.0. The van der Waals surface area contributed by atoms with Crippen LogP contribution in [-0.2, 0) is 0 Å². The largest absolute Gasteiger partial charge is 0.497 e. The van der Waals surface area contributed by atoms with Crippen LogP contribution in [0.4, 0.5) is 11.4 Å². The maximum Gasteiger partial charge on any atom is 0.344 e. The number of carbonyl (C=O) groups excluding carboxylic acids is 1. The van der Waals surface area contributed by atoms with E-state index in [-0.39, 0.29) is 11.3 Å². The number of allylic oxidation sites excluding steroid dienone is 1. The Morgan fingerprint density at radius 1 is 0.692 bits per heavy atom. The van der Waals surface area contributed by atoms with Crippen molar-refractivity contribution in [1.82, 2.24) is 0 Å². The highest BCUT2D eigenvalue weighted by Crippen LogP contribution is 2.36. The van der Waals surface area contributed by atoms with Gasteiger partial charge in [-0.2, -0.15) is 0 Å². The third kappa shape index (κ3) is 6.16. The average molecular weight is 525 g/mol. The third-order valence-electron chi connectivity index (χ3n) is 6.05. The SMILES string of the molecule is CC/C(=C(/c1ccc(OC)cc1)c1cccc(OC(=O)c2cc([N+](=O)[O-])cc([N+](=O)[O-])c2)c1)c1ccccc1.